The van der Waals surface area contributed by atoms with Crippen molar-refractivity contribution < 1.29 is 0 Å². The van der Waals surface area contributed by atoms with Crippen molar-refractivity contribution in [1.82, 2.24) is 5.32 Å². The van der Waals surface area contributed by atoms with Crippen molar-refractivity contribution >= 4 is 5.69 Å². The van der Waals surface area contributed by atoms with Crippen LogP contribution in [0.5, 0.6) is 0 Å². The first-order valence-corrected chi connectivity index (χ1v) is 6.61. The third-order valence-corrected chi connectivity index (χ3v) is 3.61. The Bertz CT molecular complexity index is 494. The van der Waals surface area contributed by atoms with E-state index in [-0.39, 0.29) is 6.04 Å². The summed E-state index contributed by atoms with van der Waals surface area (Å²) in [7, 11) is 0. The largest absolute Gasteiger partial charge is 0.367 e. The van der Waals surface area contributed by atoms with Gasteiger partial charge in [-0.2, -0.15) is 10.5 Å². The number of hydrogen-bond donors (Lipinski definition) is 1. The second-order valence-electron chi connectivity index (χ2n) is 4.96. The van der Waals surface area contributed by atoms with Crippen molar-refractivity contribution in [2.75, 3.05) is 18.0 Å². The number of rotatable bonds is 2. The van der Waals surface area contributed by atoms with Gasteiger partial charge in [-0.15, -0.1) is 0 Å². The number of nitrogens with one attached hydrogen (secondary N) is 1. The minimum atomic E-state index is 0.214. The van der Waals surface area contributed by atoms with Crippen molar-refractivity contribution in [2.24, 2.45) is 0 Å². The molecule has 2 atom stereocenters. The van der Waals surface area contributed by atoms with Gasteiger partial charge < -0.3 is 10.2 Å². The van der Waals surface area contributed by atoms with E-state index in [0.29, 0.717) is 18.0 Å². The van der Waals surface area contributed by atoms with Gasteiger partial charge in [-0.05, 0) is 44.2 Å². The smallest absolute Gasteiger partial charge is 0.0991 e. The number of nitriles is 2. The topological polar surface area (TPSA) is 62.9 Å². The number of benzene rings is 1. The van der Waals surface area contributed by atoms with Crippen molar-refractivity contribution in [2.45, 2.75) is 31.8 Å². The van der Waals surface area contributed by atoms with E-state index < -0.39 is 0 Å². The fraction of sp³-hybridized carbons (Fsp3) is 0.467. The molecule has 1 N–H and O–H groups in total. The molecule has 1 fully saturated rings. The fourth-order valence-electron chi connectivity index (χ4n) is 2.47. The highest BCUT2D eigenvalue weighted by Gasteiger charge is 2.22. The lowest BCUT2D eigenvalue weighted by atomic mass is 10.1. The molecule has 1 heterocycles. The molecular weight excluding hydrogens is 236 g/mol. The molecule has 0 aromatic heterocycles. The van der Waals surface area contributed by atoms with Gasteiger partial charge in [-0.25, -0.2) is 0 Å². The zero-order valence-electron chi connectivity index (χ0n) is 11.1. The van der Waals surface area contributed by atoms with Crippen molar-refractivity contribution in [3.8, 4) is 12.1 Å². The van der Waals surface area contributed by atoms with Gasteiger partial charge in [0.1, 0.15) is 0 Å². The van der Waals surface area contributed by atoms with E-state index in [2.05, 4.69) is 29.3 Å². The molecular formula is C15H18N4. The molecule has 4 heteroatoms. The maximum atomic E-state index is 8.86. The lowest BCUT2D eigenvalue weighted by Crippen LogP contribution is -2.40. The average Bonchev–Trinajstić information content (AvgIpc) is 2.62. The first kappa shape index (κ1) is 13.4. The van der Waals surface area contributed by atoms with E-state index in [9.17, 15) is 0 Å². The summed E-state index contributed by atoms with van der Waals surface area (Å²) in [6.45, 7) is 3.98. The highest BCUT2D eigenvalue weighted by Crippen LogP contribution is 2.21. The standard InChI is InChI=1S/C15H18N4/c1-12-7-9-18-14(6-8-16)11-19(12)15-4-2-13(10-17)3-5-15/h2-5,12,14,18H,6-7,9,11H2,1H3. The quantitative estimate of drug-likeness (QED) is 0.877. The molecule has 1 aromatic carbocycles. The van der Waals surface area contributed by atoms with Gasteiger partial charge in [0.15, 0.2) is 0 Å². The highest BCUT2D eigenvalue weighted by molar-refractivity contribution is 5.50. The summed E-state index contributed by atoms with van der Waals surface area (Å²) in [5.41, 5.74) is 1.80. The van der Waals surface area contributed by atoms with E-state index in [1.54, 1.807) is 0 Å². The molecule has 0 amide bonds. The Hall–Kier alpha value is -2.04. The van der Waals surface area contributed by atoms with E-state index in [1.807, 2.05) is 24.3 Å². The Labute approximate surface area is 114 Å². The molecule has 98 valence electrons. The van der Waals surface area contributed by atoms with Crippen molar-refractivity contribution in [3.63, 3.8) is 0 Å². The Morgan fingerprint density at radius 3 is 2.68 bits per heavy atom. The minimum absolute atomic E-state index is 0.214. The molecule has 19 heavy (non-hydrogen) atoms. The fourth-order valence-corrected chi connectivity index (χ4v) is 2.47. The van der Waals surface area contributed by atoms with Crippen LogP contribution < -0.4 is 10.2 Å². The van der Waals surface area contributed by atoms with E-state index in [1.165, 1.54) is 0 Å². The predicted octanol–water partition coefficient (Wildman–Crippen LogP) is 2.03. The van der Waals surface area contributed by atoms with E-state index in [0.717, 1.165) is 25.2 Å². The van der Waals surface area contributed by atoms with Gasteiger partial charge in [-0.1, -0.05) is 0 Å². The summed E-state index contributed by atoms with van der Waals surface area (Å²) in [6, 6.07) is 12.7. The van der Waals surface area contributed by atoms with E-state index in [4.69, 9.17) is 10.5 Å². The van der Waals surface area contributed by atoms with Crippen LogP contribution in [-0.4, -0.2) is 25.2 Å². The zero-order valence-corrected chi connectivity index (χ0v) is 11.1. The molecule has 0 spiro atoms. The molecule has 1 saturated heterocycles. The Balaban J connectivity index is 2.18. The van der Waals surface area contributed by atoms with Gasteiger partial charge >= 0.3 is 0 Å². The van der Waals surface area contributed by atoms with E-state index >= 15 is 0 Å². The lowest BCUT2D eigenvalue weighted by molar-refractivity contribution is 0.552. The lowest BCUT2D eigenvalue weighted by Gasteiger charge is -2.31. The summed E-state index contributed by atoms with van der Waals surface area (Å²) in [5, 5.41) is 21.1. The molecule has 0 saturated carbocycles. The highest BCUT2D eigenvalue weighted by atomic mass is 15.2. The maximum absolute atomic E-state index is 8.86. The summed E-state index contributed by atoms with van der Waals surface area (Å²) < 4.78 is 0. The molecule has 1 aliphatic heterocycles. The first-order valence-electron chi connectivity index (χ1n) is 6.61. The molecule has 0 radical (unpaired) electrons. The van der Waals surface area contributed by atoms with Gasteiger partial charge in [0.25, 0.3) is 0 Å². The summed E-state index contributed by atoms with van der Waals surface area (Å²) in [4.78, 5) is 2.32. The van der Waals surface area contributed by atoms with Crippen LogP contribution in [0, 0.1) is 22.7 Å². The molecule has 4 nitrogen and oxygen atoms in total. The molecule has 2 unspecified atom stereocenters. The third kappa shape index (κ3) is 3.24. The van der Waals surface area contributed by atoms with Crippen LogP contribution >= 0.6 is 0 Å². The monoisotopic (exact) mass is 254 g/mol. The van der Waals surface area contributed by atoms with Crippen LogP contribution in [0.3, 0.4) is 0 Å². The van der Waals surface area contributed by atoms with Crippen LogP contribution in [0.4, 0.5) is 5.69 Å². The third-order valence-electron chi connectivity index (χ3n) is 3.61. The summed E-state index contributed by atoms with van der Waals surface area (Å²) in [5.74, 6) is 0. The Kier molecular flexibility index (Phi) is 4.39. The molecule has 0 bridgehead atoms. The number of anilines is 1. The van der Waals surface area contributed by atoms with Crippen LogP contribution in [-0.2, 0) is 0 Å². The summed E-state index contributed by atoms with van der Waals surface area (Å²) in [6.07, 6.45) is 1.58. The number of hydrogen-bond acceptors (Lipinski definition) is 4. The molecule has 2 rings (SSSR count). The first-order chi connectivity index (χ1) is 9.24. The minimum Gasteiger partial charge on any atom is -0.367 e. The Morgan fingerprint density at radius 2 is 2.05 bits per heavy atom. The normalized spacial score (nSPS) is 23.2. The van der Waals surface area contributed by atoms with Crippen LogP contribution in [0.25, 0.3) is 0 Å². The Morgan fingerprint density at radius 1 is 1.32 bits per heavy atom. The molecule has 1 aromatic rings. The molecule has 1 aliphatic rings. The SMILES string of the molecule is CC1CCNC(CC#N)CN1c1ccc(C#N)cc1. The van der Waals surface area contributed by atoms with Gasteiger partial charge in [0.2, 0.25) is 0 Å². The second kappa shape index (κ2) is 6.22. The van der Waals surface area contributed by atoms with Crippen molar-refractivity contribution in [3.05, 3.63) is 29.8 Å². The maximum Gasteiger partial charge on any atom is 0.0991 e. The van der Waals surface area contributed by atoms with Gasteiger partial charge in [-0.3, -0.25) is 0 Å². The van der Waals surface area contributed by atoms with Crippen LogP contribution in [0.2, 0.25) is 0 Å². The zero-order chi connectivity index (χ0) is 13.7. The van der Waals surface area contributed by atoms with Gasteiger partial charge in [0, 0.05) is 24.3 Å². The van der Waals surface area contributed by atoms with Crippen LogP contribution in [0.15, 0.2) is 24.3 Å². The second-order valence-corrected chi connectivity index (χ2v) is 4.96. The van der Waals surface area contributed by atoms with Crippen molar-refractivity contribution in [1.29, 1.82) is 10.5 Å². The van der Waals surface area contributed by atoms with Gasteiger partial charge in [0.05, 0.1) is 24.1 Å². The average molecular weight is 254 g/mol. The molecule has 0 aliphatic carbocycles. The predicted molar refractivity (Wildman–Crippen MR) is 74.6 cm³/mol. The van der Waals surface area contributed by atoms with Crippen LogP contribution in [0.1, 0.15) is 25.3 Å². The number of nitrogens with zero attached hydrogens (tertiary/aromatic N) is 3. The summed E-state index contributed by atoms with van der Waals surface area (Å²) >= 11 is 0.